The fourth-order valence-electron chi connectivity index (χ4n) is 2.08. The molecule has 1 aromatic rings. The molecular weight excluding hydrogens is 407 g/mol. The highest BCUT2D eigenvalue weighted by Crippen LogP contribution is 2.36. The summed E-state index contributed by atoms with van der Waals surface area (Å²) in [5, 5.41) is 6.32. The Labute approximate surface area is 147 Å². The molecule has 0 aliphatic carbocycles. The number of nitrogen functional groups attached to an aromatic ring is 1. The van der Waals surface area contributed by atoms with Crippen LogP contribution in [0.3, 0.4) is 0 Å². The van der Waals surface area contributed by atoms with Crippen LogP contribution in [0.1, 0.15) is 5.69 Å². The van der Waals surface area contributed by atoms with Crippen LogP contribution in [0.25, 0.3) is 0 Å². The van der Waals surface area contributed by atoms with E-state index < -0.39 is 50.4 Å². The molecule has 4 N–H and O–H groups in total. The Morgan fingerprint density at radius 1 is 1.54 bits per heavy atom. The number of rotatable bonds is 5. The number of nitrogens with two attached hydrogens (primary N) is 1. The standard InChI is InChI=1S/C10H10F3N5O6S2/c1-24-17-4(3-2-25-9(14)15-3)7(19)16-5-6(10(11,12)13)18(8(5)20)26(21,22)23/h2,5-6H,1H3,(H2,14,15)(H,16,19)(H,21,22,23)/b17-4-. The number of halogens is 3. The molecule has 0 saturated carbocycles. The van der Waals surface area contributed by atoms with Gasteiger partial charge in [0.2, 0.25) is 0 Å². The van der Waals surface area contributed by atoms with Gasteiger partial charge < -0.3 is 15.9 Å². The zero-order valence-corrected chi connectivity index (χ0v) is 14.2. The largest absolute Gasteiger partial charge is 0.412 e. The number of hydrogen-bond acceptors (Lipinski definition) is 9. The van der Waals surface area contributed by atoms with E-state index in [1.165, 1.54) is 5.38 Å². The van der Waals surface area contributed by atoms with Crippen molar-refractivity contribution in [1.29, 1.82) is 0 Å². The number of amides is 2. The number of carbonyl (C=O) groups is 2. The minimum Gasteiger partial charge on any atom is -0.398 e. The van der Waals surface area contributed by atoms with Crippen LogP contribution in [0.5, 0.6) is 0 Å². The Morgan fingerprint density at radius 3 is 2.58 bits per heavy atom. The molecule has 1 aromatic heterocycles. The molecule has 0 aromatic carbocycles. The van der Waals surface area contributed by atoms with Crippen LogP contribution in [0.2, 0.25) is 0 Å². The van der Waals surface area contributed by atoms with Gasteiger partial charge in [0, 0.05) is 5.38 Å². The van der Waals surface area contributed by atoms with E-state index in [2.05, 4.69) is 15.0 Å². The fourth-order valence-corrected chi connectivity index (χ4v) is 3.50. The molecule has 1 fully saturated rings. The number of thiazole rings is 1. The molecule has 2 unspecified atom stereocenters. The molecule has 2 heterocycles. The van der Waals surface area contributed by atoms with Crippen molar-refractivity contribution in [2.45, 2.75) is 18.3 Å². The number of β-lactam (4-membered cyclic amide) rings is 1. The van der Waals surface area contributed by atoms with Crippen LogP contribution in [0.4, 0.5) is 18.3 Å². The number of aromatic nitrogens is 1. The van der Waals surface area contributed by atoms with Gasteiger partial charge in [-0.3, -0.25) is 14.1 Å². The zero-order chi connectivity index (χ0) is 19.9. The van der Waals surface area contributed by atoms with Crippen molar-refractivity contribution in [2.75, 3.05) is 12.8 Å². The molecule has 16 heteroatoms. The Kier molecular flexibility index (Phi) is 5.11. The highest BCUT2D eigenvalue weighted by Gasteiger charge is 2.65. The van der Waals surface area contributed by atoms with Gasteiger partial charge in [-0.2, -0.15) is 25.9 Å². The van der Waals surface area contributed by atoms with Crippen LogP contribution in [-0.4, -0.2) is 65.2 Å². The van der Waals surface area contributed by atoms with E-state index in [1.807, 2.05) is 0 Å². The lowest BCUT2D eigenvalue weighted by Gasteiger charge is -2.44. The van der Waals surface area contributed by atoms with E-state index in [0.717, 1.165) is 18.4 Å². The van der Waals surface area contributed by atoms with Crippen molar-refractivity contribution in [3.63, 3.8) is 0 Å². The van der Waals surface area contributed by atoms with Gasteiger partial charge in [0.15, 0.2) is 16.9 Å². The molecule has 2 rings (SSSR count). The van der Waals surface area contributed by atoms with E-state index in [4.69, 9.17) is 10.3 Å². The van der Waals surface area contributed by atoms with Crippen molar-refractivity contribution in [3.05, 3.63) is 11.1 Å². The van der Waals surface area contributed by atoms with Crippen molar-refractivity contribution in [2.24, 2.45) is 5.16 Å². The first-order chi connectivity index (χ1) is 11.9. The quantitative estimate of drug-likeness (QED) is 0.241. The molecule has 1 aliphatic heterocycles. The van der Waals surface area contributed by atoms with E-state index in [9.17, 15) is 31.2 Å². The third-order valence-electron chi connectivity index (χ3n) is 3.08. The molecule has 0 radical (unpaired) electrons. The molecule has 11 nitrogen and oxygen atoms in total. The Bertz CT molecular complexity index is 867. The Morgan fingerprint density at radius 2 is 2.15 bits per heavy atom. The number of nitrogens with zero attached hydrogens (tertiary/aromatic N) is 3. The van der Waals surface area contributed by atoms with Crippen LogP contribution >= 0.6 is 11.3 Å². The Hall–Kier alpha value is -2.46. The summed E-state index contributed by atoms with van der Waals surface area (Å²) in [6.07, 6.45) is -5.24. The molecule has 0 spiro atoms. The molecular formula is C10H10F3N5O6S2. The minimum atomic E-state index is -5.47. The summed E-state index contributed by atoms with van der Waals surface area (Å²) in [5.74, 6) is -2.96. The second-order valence-corrected chi connectivity index (χ2v) is 6.92. The second-order valence-electron chi connectivity index (χ2n) is 4.74. The molecule has 26 heavy (non-hydrogen) atoms. The first-order valence-electron chi connectivity index (χ1n) is 6.38. The van der Waals surface area contributed by atoms with Gasteiger partial charge in [-0.15, -0.1) is 11.3 Å². The van der Waals surface area contributed by atoms with Gasteiger partial charge in [0.1, 0.15) is 18.8 Å². The molecule has 2 amide bonds. The van der Waals surface area contributed by atoms with Crippen molar-refractivity contribution >= 4 is 44.3 Å². The van der Waals surface area contributed by atoms with Crippen molar-refractivity contribution < 1.29 is 40.6 Å². The summed E-state index contributed by atoms with van der Waals surface area (Å²) >= 11 is 0.906. The lowest BCUT2D eigenvalue weighted by Crippen LogP contribution is -2.76. The highest BCUT2D eigenvalue weighted by atomic mass is 32.2. The second kappa shape index (κ2) is 6.69. The fraction of sp³-hybridized carbons (Fsp3) is 0.400. The first-order valence-corrected chi connectivity index (χ1v) is 8.66. The van der Waals surface area contributed by atoms with E-state index in [-0.39, 0.29) is 10.8 Å². The summed E-state index contributed by atoms with van der Waals surface area (Å²) in [6.45, 7) is 0. The third kappa shape index (κ3) is 3.70. The Balaban J connectivity index is 2.29. The number of oxime groups is 1. The maximum Gasteiger partial charge on any atom is 0.412 e. The summed E-state index contributed by atoms with van der Waals surface area (Å²) < 4.78 is 69.0. The molecule has 0 bridgehead atoms. The summed E-state index contributed by atoms with van der Waals surface area (Å²) in [4.78, 5) is 32.0. The normalized spacial score (nSPS) is 21.3. The van der Waals surface area contributed by atoms with Gasteiger partial charge in [-0.05, 0) is 0 Å². The average Bonchev–Trinajstić information content (AvgIpc) is 2.90. The maximum absolute atomic E-state index is 13.0. The van der Waals surface area contributed by atoms with Gasteiger partial charge in [-0.1, -0.05) is 5.16 Å². The van der Waals surface area contributed by atoms with Crippen molar-refractivity contribution in [1.82, 2.24) is 14.6 Å². The number of hydrogen-bond donors (Lipinski definition) is 3. The first kappa shape index (κ1) is 19.9. The molecule has 1 aliphatic rings. The monoisotopic (exact) mass is 417 g/mol. The number of anilines is 1. The third-order valence-corrected chi connectivity index (χ3v) is 4.66. The predicted octanol–water partition coefficient (Wildman–Crippen LogP) is -0.863. The van der Waals surface area contributed by atoms with Crippen LogP contribution in [-0.2, 0) is 24.7 Å². The molecule has 144 valence electrons. The maximum atomic E-state index is 13.0. The molecule has 2 atom stereocenters. The van der Waals surface area contributed by atoms with Gasteiger partial charge in [0.25, 0.3) is 11.8 Å². The number of nitrogens with one attached hydrogen (secondary N) is 1. The van der Waals surface area contributed by atoms with E-state index in [0.29, 0.717) is 0 Å². The van der Waals surface area contributed by atoms with Crippen LogP contribution in [0, 0.1) is 0 Å². The highest BCUT2D eigenvalue weighted by molar-refractivity contribution is 7.84. The lowest BCUT2D eigenvalue weighted by atomic mass is 9.98. The van der Waals surface area contributed by atoms with Gasteiger partial charge in [-0.25, -0.2) is 4.98 Å². The molecule has 1 saturated heterocycles. The summed E-state index contributed by atoms with van der Waals surface area (Å²) in [7, 11) is -4.41. The SMILES string of the molecule is CO/N=C(\C(=O)NC1C(=O)N(S(=O)(=O)O)C1C(F)(F)F)c1csc(N)n1. The van der Waals surface area contributed by atoms with Crippen LogP contribution < -0.4 is 11.1 Å². The summed E-state index contributed by atoms with van der Waals surface area (Å²) in [5.41, 5.74) is 4.68. The lowest BCUT2D eigenvalue weighted by molar-refractivity contribution is -0.207. The predicted molar refractivity (Wildman–Crippen MR) is 80.2 cm³/mol. The number of carbonyl (C=O) groups excluding carboxylic acids is 2. The summed E-state index contributed by atoms with van der Waals surface area (Å²) in [6, 6.07) is -5.26. The number of alkyl halides is 3. The van der Waals surface area contributed by atoms with Crippen LogP contribution in [0.15, 0.2) is 10.5 Å². The minimum absolute atomic E-state index is 0.0297. The smallest absolute Gasteiger partial charge is 0.398 e. The zero-order valence-electron chi connectivity index (χ0n) is 12.6. The van der Waals surface area contributed by atoms with Crippen molar-refractivity contribution in [3.8, 4) is 0 Å². The van der Waals surface area contributed by atoms with Gasteiger partial charge >= 0.3 is 16.5 Å². The van der Waals surface area contributed by atoms with E-state index >= 15 is 0 Å². The average molecular weight is 417 g/mol. The van der Waals surface area contributed by atoms with Gasteiger partial charge in [0.05, 0.1) is 0 Å². The topological polar surface area (TPSA) is 164 Å². The van der Waals surface area contributed by atoms with E-state index in [1.54, 1.807) is 5.32 Å².